The lowest BCUT2D eigenvalue weighted by molar-refractivity contribution is 0.112. The zero-order valence-corrected chi connectivity index (χ0v) is 14.7. The van der Waals surface area contributed by atoms with Crippen molar-refractivity contribution in [1.82, 2.24) is 0 Å². The highest BCUT2D eigenvalue weighted by molar-refractivity contribution is 7.11. The molecule has 0 saturated carbocycles. The van der Waals surface area contributed by atoms with Crippen LogP contribution in [0.15, 0.2) is 60.0 Å². The molecule has 1 atom stereocenters. The fourth-order valence-electron chi connectivity index (χ4n) is 4.38. The van der Waals surface area contributed by atoms with Gasteiger partial charge in [0.25, 0.3) is 0 Å². The van der Waals surface area contributed by atoms with E-state index in [2.05, 4.69) is 54.6 Å². The van der Waals surface area contributed by atoms with Crippen LogP contribution in [0, 0.1) is 0 Å². The third-order valence-corrected chi connectivity index (χ3v) is 6.48. The van der Waals surface area contributed by atoms with Crippen LogP contribution in [0.25, 0.3) is 21.5 Å². The molecule has 25 heavy (non-hydrogen) atoms. The summed E-state index contributed by atoms with van der Waals surface area (Å²) in [6.45, 7) is 0. The minimum absolute atomic E-state index is 0.455. The van der Waals surface area contributed by atoms with E-state index in [0.29, 0.717) is 5.92 Å². The maximum Gasteiger partial charge on any atom is 0.160 e. The van der Waals surface area contributed by atoms with E-state index in [9.17, 15) is 4.79 Å². The third-order valence-electron chi connectivity index (χ3n) is 5.62. The van der Waals surface area contributed by atoms with Crippen LogP contribution in [0.3, 0.4) is 0 Å². The molecular weight excluding hydrogens is 324 g/mol. The average molecular weight is 342 g/mol. The minimum Gasteiger partial charge on any atom is -0.297 e. The molecule has 4 aromatic rings. The molecule has 122 valence electrons. The summed E-state index contributed by atoms with van der Waals surface area (Å²) in [5, 5.41) is 7.39. The number of hydrogen-bond acceptors (Lipinski definition) is 2. The van der Waals surface area contributed by atoms with Gasteiger partial charge in [-0.25, -0.2) is 0 Å². The second kappa shape index (κ2) is 5.82. The molecule has 1 aliphatic carbocycles. The highest BCUT2D eigenvalue weighted by Crippen LogP contribution is 2.39. The van der Waals surface area contributed by atoms with E-state index in [-0.39, 0.29) is 0 Å². The molecule has 0 saturated heterocycles. The van der Waals surface area contributed by atoms with Crippen LogP contribution in [0.4, 0.5) is 0 Å². The topological polar surface area (TPSA) is 17.1 Å². The molecule has 1 nitrogen and oxygen atoms in total. The number of aryl methyl sites for hydroxylation is 1. The molecular formula is C23H18OS. The van der Waals surface area contributed by atoms with Crippen molar-refractivity contribution >= 4 is 39.2 Å². The van der Waals surface area contributed by atoms with Crippen LogP contribution >= 0.6 is 11.3 Å². The molecule has 0 radical (unpaired) electrons. The van der Waals surface area contributed by atoms with E-state index in [4.69, 9.17) is 0 Å². The van der Waals surface area contributed by atoms with Gasteiger partial charge in [-0.3, -0.25) is 4.79 Å². The van der Waals surface area contributed by atoms with Gasteiger partial charge in [0, 0.05) is 0 Å². The summed E-state index contributed by atoms with van der Waals surface area (Å²) < 4.78 is 0. The highest BCUT2D eigenvalue weighted by atomic mass is 32.1. The summed E-state index contributed by atoms with van der Waals surface area (Å²) in [6, 6.07) is 19.9. The number of thiophene rings is 1. The fourth-order valence-corrected chi connectivity index (χ4v) is 5.17. The largest absolute Gasteiger partial charge is 0.297 e. The van der Waals surface area contributed by atoms with Gasteiger partial charge < -0.3 is 0 Å². The number of hydrogen-bond donors (Lipinski definition) is 0. The number of benzene rings is 3. The molecule has 1 heterocycles. The number of carbonyl (C=O) groups is 1. The van der Waals surface area contributed by atoms with Gasteiger partial charge in [-0.2, -0.15) is 0 Å². The van der Waals surface area contributed by atoms with Gasteiger partial charge in [0.15, 0.2) is 6.29 Å². The lowest BCUT2D eigenvalue weighted by Gasteiger charge is -2.26. The highest BCUT2D eigenvalue weighted by Gasteiger charge is 2.24. The Balaban J connectivity index is 1.68. The molecule has 1 aromatic heterocycles. The Morgan fingerprint density at radius 1 is 0.920 bits per heavy atom. The molecule has 2 heteroatoms. The first-order valence-electron chi connectivity index (χ1n) is 8.80. The maximum atomic E-state index is 11.3. The van der Waals surface area contributed by atoms with E-state index >= 15 is 0 Å². The zero-order valence-electron chi connectivity index (χ0n) is 13.9. The van der Waals surface area contributed by atoms with Gasteiger partial charge in [0.05, 0.1) is 4.88 Å². The summed E-state index contributed by atoms with van der Waals surface area (Å²) in [6.07, 6.45) is 4.27. The molecule has 0 fully saturated rings. The zero-order chi connectivity index (χ0) is 16.8. The molecule has 0 N–H and O–H groups in total. The first kappa shape index (κ1) is 14.9. The Bertz CT molecular complexity index is 1110. The molecule has 0 bridgehead atoms. The number of fused-ring (bicyclic) bond motifs is 5. The van der Waals surface area contributed by atoms with Crippen molar-refractivity contribution in [2.75, 3.05) is 0 Å². The first-order chi connectivity index (χ1) is 12.3. The van der Waals surface area contributed by atoms with Gasteiger partial charge in [0.1, 0.15) is 0 Å². The normalized spacial score (nSPS) is 16.9. The summed E-state index contributed by atoms with van der Waals surface area (Å²) >= 11 is 1.56. The van der Waals surface area contributed by atoms with Crippen molar-refractivity contribution in [3.63, 3.8) is 0 Å². The third kappa shape index (κ3) is 2.32. The summed E-state index contributed by atoms with van der Waals surface area (Å²) in [5.74, 6) is 0.455. The van der Waals surface area contributed by atoms with Gasteiger partial charge >= 0.3 is 0 Å². The van der Waals surface area contributed by atoms with Crippen molar-refractivity contribution in [2.45, 2.75) is 25.2 Å². The van der Waals surface area contributed by atoms with Gasteiger partial charge in [-0.1, -0.05) is 48.5 Å². The lowest BCUT2D eigenvalue weighted by atomic mass is 9.78. The van der Waals surface area contributed by atoms with Crippen LogP contribution < -0.4 is 0 Å². The second-order valence-electron chi connectivity index (χ2n) is 6.88. The Morgan fingerprint density at radius 2 is 1.80 bits per heavy atom. The van der Waals surface area contributed by atoms with Crippen LogP contribution in [-0.2, 0) is 12.8 Å². The molecule has 3 aromatic carbocycles. The molecule has 0 amide bonds. The van der Waals surface area contributed by atoms with Gasteiger partial charge in [-0.15, -0.1) is 11.3 Å². The molecule has 5 rings (SSSR count). The van der Waals surface area contributed by atoms with Crippen LogP contribution in [0.5, 0.6) is 0 Å². The monoisotopic (exact) mass is 342 g/mol. The van der Waals surface area contributed by atoms with Crippen LogP contribution in [-0.4, -0.2) is 6.29 Å². The Labute approximate surface area is 150 Å². The second-order valence-corrected chi connectivity index (χ2v) is 7.83. The smallest absolute Gasteiger partial charge is 0.160 e. The Kier molecular flexibility index (Phi) is 3.46. The number of carbonyl (C=O) groups excluding carboxylic acids is 1. The predicted octanol–water partition coefficient (Wildman–Crippen LogP) is 6.14. The van der Waals surface area contributed by atoms with Crippen molar-refractivity contribution in [3.8, 4) is 0 Å². The van der Waals surface area contributed by atoms with Crippen molar-refractivity contribution in [2.24, 2.45) is 0 Å². The van der Waals surface area contributed by atoms with E-state index < -0.39 is 0 Å². The van der Waals surface area contributed by atoms with Crippen LogP contribution in [0.2, 0.25) is 0 Å². The number of rotatable bonds is 2. The first-order valence-corrected chi connectivity index (χ1v) is 9.68. The van der Waals surface area contributed by atoms with Crippen molar-refractivity contribution in [1.29, 1.82) is 0 Å². The van der Waals surface area contributed by atoms with Crippen LogP contribution in [0.1, 0.15) is 38.7 Å². The molecule has 1 aliphatic rings. The Morgan fingerprint density at radius 3 is 2.72 bits per heavy atom. The van der Waals surface area contributed by atoms with E-state index in [0.717, 1.165) is 30.4 Å². The van der Waals surface area contributed by atoms with Crippen molar-refractivity contribution < 1.29 is 4.79 Å². The molecule has 0 spiro atoms. The van der Waals surface area contributed by atoms with E-state index in [1.54, 1.807) is 11.3 Å². The molecule has 0 aliphatic heterocycles. The Hall–Kier alpha value is -2.45. The SMILES string of the molecule is O=Cc1sccc1C1CCc2ccc3c(ccc4ccccc43)c2C1. The van der Waals surface area contributed by atoms with E-state index in [1.165, 1.54) is 38.2 Å². The van der Waals surface area contributed by atoms with Gasteiger partial charge in [-0.05, 0) is 74.9 Å². The fraction of sp³-hybridized carbons (Fsp3) is 0.174. The lowest BCUT2D eigenvalue weighted by Crippen LogP contribution is -2.13. The van der Waals surface area contributed by atoms with E-state index in [1.807, 2.05) is 5.38 Å². The predicted molar refractivity (Wildman–Crippen MR) is 106 cm³/mol. The standard InChI is InChI=1S/C23H18OS/c24-14-23-19(11-12-25-23)17-6-5-16-8-9-20-18-4-2-1-3-15(18)7-10-21(20)22(16)13-17/h1-4,7-12,14,17H,5-6,13H2. The molecule has 1 unspecified atom stereocenters. The minimum atomic E-state index is 0.455. The van der Waals surface area contributed by atoms with Crippen molar-refractivity contribution in [3.05, 3.63) is 81.5 Å². The maximum absolute atomic E-state index is 11.3. The summed E-state index contributed by atoms with van der Waals surface area (Å²) in [5.41, 5.74) is 4.19. The number of aldehydes is 1. The average Bonchev–Trinajstić information content (AvgIpc) is 3.16. The van der Waals surface area contributed by atoms with Gasteiger partial charge in [0.2, 0.25) is 0 Å². The summed E-state index contributed by atoms with van der Waals surface area (Å²) in [7, 11) is 0. The quantitative estimate of drug-likeness (QED) is 0.316. The summed E-state index contributed by atoms with van der Waals surface area (Å²) in [4.78, 5) is 12.2.